The van der Waals surface area contributed by atoms with E-state index in [-0.39, 0.29) is 36.6 Å². The molecule has 2 aliphatic rings. The van der Waals surface area contributed by atoms with E-state index < -0.39 is 17.5 Å². The van der Waals surface area contributed by atoms with E-state index in [0.717, 1.165) is 12.0 Å². The summed E-state index contributed by atoms with van der Waals surface area (Å²) >= 11 is 0. The van der Waals surface area contributed by atoms with Crippen LogP contribution in [0.15, 0.2) is 48.5 Å². The average Bonchev–Trinajstić information content (AvgIpc) is 3.34. The van der Waals surface area contributed by atoms with E-state index in [4.69, 9.17) is 4.74 Å². The number of nitrogens with one attached hydrogen (secondary N) is 2. The van der Waals surface area contributed by atoms with Crippen LogP contribution in [0.4, 0.5) is 4.39 Å². The van der Waals surface area contributed by atoms with Gasteiger partial charge in [0.05, 0.1) is 6.10 Å². The van der Waals surface area contributed by atoms with Crippen molar-refractivity contribution < 1.29 is 23.5 Å². The molecule has 2 aromatic rings. The zero-order valence-electron chi connectivity index (χ0n) is 18.9. The van der Waals surface area contributed by atoms with Crippen molar-refractivity contribution in [3.05, 3.63) is 71.0 Å². The van der Waals surface area contributed by atoms with E-state index in [1.165, 1.54) is 12.1 Å². The summed E-state index contributed by atoms with van der Waals surface area (Å²) in [5.74, 6) is -1.01. The van der Waals surface area contributed by atoms with Gasteiger partial charge in [-0.25, -0.2) is 4.39 Å². The van der Waals surface area contributed by atoms with E-state index in [1.54, 1.807) is 24.3 Å². The third kappa shape index (κ3) is 4.83. The number of carbonyl (C=O) groups excluding carboxylic acids is 3. The molecule has 2 N–H and O–H groups in total. The number of benzene rings is 2. The molecular weight excluding hydrogens is 423 g/mol. The second-order valence-electron chi connectivity index (χ2n) is 9.21. The van der Waals surface area contributed by atoms with Gasteiger partial charge in [0.1, 0.15) is 24.0 Å². The van der Waals surface area contributed by atoms with E-state index in [2.05, 4.69) is 24.5 Å². The maximum atomic E-state index is 13.4. The van der Waals surface area contributed by atoms with E-state index in [0.29, 0.717) is 29.9 Å². The number of fused-ring (bicyclic) bond motifs is 1. The summed E-state index contributed by atoms with van der Waals surface area (Å²) in [5, 5.41) is 5.73. The van der Waals surface area contributed by atoms with Crippen molar-refractivity contribution in [3.63, 3.8) is 0 Å². The highest BCUT2D eigenvalue weighted by Gasteiger charge is 2.55. The minimum absolute atomic E-state index is 0.0118. The Morgan fingerprint density at radius 2 is 1.82 bits per heavy atom. The number of ketones is 1. The summed E-state index contributed by atoms with van der Waals surface area (Å²) in [5.41, 5.74) is 1.22. The molecule has 174 valence electrons. The quantitative estimate of drug-likeness (QED) is 0.675. The van der Waals surface area contributed by atoms with Crippen molar-refractivity contribution in [3.8, 4) is 0 Å². The van der Waals surface area contributed by atoms with Crippen LogP contribution in [-0.4, -0.2) is 41.9 Å². The van der Waals surface area contributed by atoms with Crippen LogP contribution in [0.25, 0.3) is 0 Å². The topological polar surface area (TPSA) is 84.5 Å². The van der Waals surface area contributed by atoms with E-state index >= 15 is 0 Å². The summed E-state index contributed by atoms with van der Waals surface area (Å²) in [4.78, 5) is 38.9. The molecule has 33 heavy (non-hydrogen) atoms. The molecule has 4 rings (SSSR count). The Kier molecular flexibility index (Phi) is 6.61. The second kappa shape index (κ2) is 9.43. The lowest BCUT2D eigenvalue weighted by molar-refractivity contribution is -0.131. The number of rotatable bonds is 7. The first-order valence-corrected chi connectivity index (χ1v) is 11.4. The van der Waals surface area contributed by atoms with Crippen molar-refractivity contribution in [2.75, 3.05) is 6.61 Å². The van der Waals surface area contributed by atoms with E-state index in [9.17, 15) is 18.8 Å². The summed E-state index contributed by atoms with van der Waals surface area (Å²) < 4.78 is 19.0. The number of hydrogen-bond donors (Lipinski definition) is 2. The van der Waals surface area contributed by atoms with Gasteiger partial charge >= 0.3 is 0 Å². The third-order valence-corrected chi connectivity index (χ3v) is 6.66. The van der Waals surface area contributed by atoms with Gasteiger partial charge in [-0.1, -0.05) is 38.1 Å². The number of carbonyl (C=O) groups is 3. The van der Waals surface area contributed by atoms with Crippen LogP contribution in [0.3, 0.4) is 0 Å². The molecule has 1 aliphatic carbocycles. The maximum Gasteiger partial charge on any atom is 0.251 e. The molecule has 7 heteroatoms. The average molecular weight is 453 g/mol. The highest BCUT2D eigenvalue weighted by atomic mass is 19.1. The molecule has 1 heterocycles. The fourth-order valence-corrected chi connectivity index (χ4v) is 4.67. The van der Waals surface area contributed by atoms with Gasteiger partial charge in [0.2, 0.25) is 5.91 Å². The SMILES string of the molecule is CC(C)c1ccc(C(=O)NC(Cc2ccc(F)cc2)C(=O)NC23CCCC2OCC3=O)cc1. The zero-order chi connectivity index (χ0) is 23.6. The summed E-state index contributed by atoms with van der Waals surface area (Å²) in [6.45, 7) is 4.13. The molecule has 2 amide bonds. The number of Topliss-reactive ketones (excluding diaryl/α,β-unsaturated/α-hetero) is 1. The molecule has 1 saturated carbocycles. The fourth-order valence-electron chi connectivity index (χ4n) is 4.67. The lowest BCUT2D eigenvalue weighted by atomic mass is 9.91. The molecular formula is C26H29FN2O4. The second-order valence-corrected chi connectivity index (χ2v) is 9.21. The first-order valence-electron chi connectivity index (χ1n) is 11.4. The van der Waals surface area contributed by atoms with Gasteiger partial charge in [0, 0.05) is 12.0 Å². The molecule has 0 spiro atoms. The summed E-state index contributed by atoms with van der Waals surface area (Å²) in [7, 11) is 0. The fraction of sp³-hybridized carbons (Fsp3) is 0.423. The number of hydrogen-bond acceptors (Lipinski definition) is 4. The zero-order valence-corrected chi connectivity index (χ0v) is 18.9. The molecule has 3 unspecified atom stereocenters. The monoisotopic (exact) mass is 452 g/mol. The van der Waals surface area contributed by atoms with Crippen molar-refractivity contribution in [1.82, 2.24) is 10.6 Å². The van der Waals surface area contributed by atoms with E-state index in [1.807, 2.05) is 12.1 Å². The Bertz CT molecular complexity index is 1040. The van der Waals surface area contributed by atoms with Gasteiger partial charge in [-0.2, -0.15) is 0 Å². The van der Waals surface area contributed by atoms with Crippen LogP contribution < -0.4 is 10.6 Å². The van der Waals surface area contributed by atoms with Crippen molar-refractivity contribution in [2.24, 2.45) is 0 Å². The van der Waals surface area contributed by atoms with Crippen LogP contribution in [0, 0.1) is 5.82 Å². The van der Waals surface area contributed by atoms with Crippen LogP contribution in [0.2, 0.25) is 0 Å². The van der Waals surface area contributed by atoms with Crippen LogP contribution in [-0.2, 0) is 20.7 Å². The van der Waals surface area contributed by atoms with Crippen molar-refractivity contribution in [1.29, 1.82) is 0 Å². The Morgan fingerprint density at radius 3 is 2.48 bits per heavy atom. The molecule has 3 atom stereocenters. The Balaban J connectivity index is 1.54. The number of ether oxygens (including phenoxy) is 1. The van der Waals surface area contributed by atoms with Gasteiger partial charge in [-0.15, -0.1) is 0 Å². The molecule has 2 aromatic carbocycles. The van der Waals surface area contributed by atoms with Crippen LogP contribution in [0.1, 0.15) is 60.5 Å². The lowest BCUT2D eigenvalue weighted by Crippen LogP contribution is -2.60. The minimum Gasteiger partial charge on any atom is -0.367 e. The van der Waals surface area contributed by atoms with Gasteiger partial charge < -0.3 is 15.4 Å². The predicted octanol–water partition coefficient (Wildman–Crippen LogP) is 3.30. The first-order chi connectivity index (χ1) is 15.8. The van der Waals surface area contributed by atoms with Crippen molar-refractivity contribution in [2.45, 2.75) is 63.1 Å². The van der Waals surface area contributed by atoms with Gasteiger partial charge in [0.15, 0.2) is 5.78 Å². The summed E-state index contributed by atoms with van der Waals surface area (Å²) in [6.07, 6.45) is 1.85. The molecule has 2 fully saturated rings. The van der Waals surface area contributed by atoms with Gasteiger partial charge in [-0.05, 0) is 60.6 Å². The highest BCUT2D eigenvalue weighted by Crippen LogP contribution is 2.37. The maximum absolute atomic E-state index is 13.4. The highest BCUT2D eigenvalue weighted by molar-refractivity contribution is 6.00. The molecule has 0 aromatic heterocycles. The Labute approximate surface area is 192 Å². The Hall–Kier alpha value is -3.06. The lowest BCUT2D eigenvalue weighted by Gasteiger charge is -2.30. The van der Waals surface area contributed by atoms with Crippen molar-refractivity contribution >= 4 is 17.6 Å². The molecule has 0 bridgehead atoms. The largest absolute Gasteiger partial charge is 0.367 e. The molecule has 1 aliphatic heterocycles. The smallest absolute Gasteiger partial charge is 0.251 e. The standard InChI is InChI=1S/C26H29FN2O4/c1-16(2)18-7-9-19(10-8-18)24(31)28-21(14-17-5-11-20(27)12-6-17)25(32)29-26-13-3-4-23(26)33-15-22(26)30/h5-12,16,21,23H,3-4,13-15H2,1-2H3,(H,28,31)(H,29,32). The summed E-state index contributed by atoms with van der Waals surface area (Å²) in [6, 6.07) is 12.1. The normalized spacial score (nSPS) is 22.8. The van der Waals surface area contributed by atoms with Crippen LogP contribution >= 0.6 is 0 Å². The Morgan fingerprint density at radius 1 is 1.12 bits per heavy atom. The number of halogens is 1. The molecule has 6 nitrogen and oxygen atoms in total. The predicted molar refractivity (Wildman–Crippen MR) is 121 cm³/mol. The molecule has 1 saturated heterocycles. The molecule has 0 radical (unpaired) electrons. The first kappa shape index (κ1) is 23.1. The third-order valence-electron chi connectivity index (χ3n) is 6.66. The van der Waals surface area contributed by atoms with Gasteiger partial charge in [0.25, 0.3) is 5.91 Å². The number of amides is 2. The van der Waals surface area contributed by atoms with Gasteiger partial charge in [-0.3, -0.25) is 14.4 Å². The van der Waals surface area contributed by atoms with Crippen LogP contribution in [0.5, 0.6) is 0 Å². The minimum atomic E-state index is -1.03.